The van der Waals surface area contributed by atoms with Gasteiger partial charge in [-0.25, -0.2) is 0 Å². The summed E-state index contributed by atoms with van der Waals surface area (Å²) in [5, 5.41) is 50.3. The highest BCUT2D eigenvalue weighted by Gasteiger charge is 2.56. The van der Waals surface area contributed by atoms with Crippen LogP contribution < -0.4 is 18.9 Å². The van der Waals surface area contributed by atoms with Crippen LogP contribution in [0.15, 0.2) is 12.1 Å². The molecular weight excluding hydrogens is 1110 g/mol. The monoisotopic (exact) mass is 1180 g/mol. The van der Waals surface area contributed by atoms with Crippen LogP contribution in [0.2, 0.25) is 0 Å². The number of esters is 8. The molecule has 4 aromatic rings. The van der Waals surface area contributed by atoms with Crippen LogP contribution in [0.1, 0.15) is 141 Å². The molecule has 0 bridgehead atoms. The van der Waals surface area contributed by atoms with Crippen LogP contribution in [-0.2, 0) is 85.7 Å². The third kappa shape index (κ3) is 11.8. The summed E-state index contributed by atoms with van der Waals surface area (Å²) in [6.07, 6.45) is -20.4. The Morgan fingerprint density at radius 3 is 1.05 bits per heavy atom. The first kappa shape index (κ1) is 61.9. The molecule has 4 aromatic carbocycles. The molecule has 0 radical (unpaired) electrons. The van der Waals surface area contributed by atoms with Gasteiger partial charge in [0, 0.05) is 88.4 Å². The molecule has 4 aliphatic heterocycles. The molecule has 4 heterocycles. The second-order valence-electron chi connectivity index (χ2n) is 21.3. The molecule has 0 aromatic heterocycles. The number of aromatic hydroxyl groups is 2. The first-order valence-corrected chi connectivity index (χ1v) is 26.8. The standard InChI is InChI=1S/C58H66O26/c1-19(2)35-31-15-21(5)37(47-39(31)41(55(69)81-47)49(43(35)67)83-57-53(77-29(13)65)51(75-27(11)63)45(73-25(9)61)33(79-57)17-71-23(7)59)38-22(6)16-32-36(20(3)4)44(68)50(42-40(32)48(38)82-56(42)70)84-58-54(78-30(14)66)52(76-28(12)64)46(74-26(10)62)34(80-58)18-72-24(8)60/h15-16,19-20,33-34,45-46,51-58,67-70H,17-18H2,1-14H3/t33-,34-,45-,46-,51+,52+,53-,54-,55?,56?,57+,58+/m1/s1. The number of carbonyl (C=O) groups is 8. The zero-order chi connectivity index (χ0) is 61.8. The smallest absolute Gasteiger partial charge is 0.303 e. The van der Waals surface area contributed by atoms with Crippen LogP contribution in [0.25, 0.3) is 32.7 Å². The van der Waals surface area contributed by atoms with Crippen LogP contribution in [0.5, 0.6) is 34.5 Å². The van der Waals surface area contributed by atoms with Crippen molar-refractivity contribution in [3.05, 3.63) is 45.5 Å². The summed E-state index contributed by atoms with van der Waals surface area (Å²) in [5.41, 5.74) is 1.84. The maximum Gasteiger partial charge on any atom is 0.303 e. The number of hydrogen-bond acceptors (Lipinski definition) is 26. The average molecular weight is 1180 g/mol. The number of carbonyl (C=O) groups excluding carboxylic acids is 8. The lowest BCUT2D eigenvalue weighted by Crippen LogP contribution is -2.63. The molecule has 84 heavy (non-hydrogen) atoms. The minimum Gasteiger partial charge on any atom is -0.504 e. The normalized spacial score (nSPS) is 24.8. The van der Waals surface area contributed by atoms with E-state index in [2.05, 4.69) is 0 Å². The zero-order valence-corrected chi connectivity index (χ0v) is 48.4. The number of aliphatic hydroxyl groups is 2. The van der Waals surface area contributed by atoms with Gasteiger partial charge < -0.3 is 86.7 Å². The van der Waals surface area contributed by atoms with Gasteiger partial charge in [-0.1, -0.05) is 39.8 Å². The molecule has 0 aliphatic carbocycles. The summed E-state index contributed by atoms with van der Waals surface area (Å²) < 4.78 is 82.5. The highest BCUT2D eigenvalue weighted by Crippen LogP contribution is 2.62. The second-order valence-corrected chi connectivity index (χ2v) is 21.3. The molecule has 8 rings (SSSR count). The molecule has 4 N–H and O–H groups in total. The molecule has 2 unspecified atom stereocenters. The van der Waals surface area contributed by atoms with Gasteiger partial charge in [0.1, 0.15) is 36.9 Å². The quantitative estimate of drug-likeness (QED) is 0.0735. The predicted molar refractivity (Wildman–Crippen MR) is 284 cm³/mol. The van der Waals surface area contributed by atoms with E-state index in [9.17, 15) is 58.8 Å². The van der Waals surface area contributed by atoms with Crippen molar-refractivity contribution in [2.24, 2.45) is 0 Å². The fraction of sp³-hybridized carbons (Fsp3) is 0.517. The lowest BCUT2D eigenvalue weighted by atomic mass is 9.84. The zero-order valence-electron chi connectivity index (χ0n) is 48.4. The minimum atomic E-state index is -1.93. The fourth-order valence-electron chi connectivity index (χ4n) is 11.4. The molecule has 454 valence electrons. The minimum absolute atomic E-state index is 0.0304. The topological polar surface area (TPSA) is 347 Å². The van der Waals surface area contributed by atoms with E-state index >= 15 is 0 Å². The van der Waals surface area contributed by atoms with Gasteiger partial charge >= 0.3 is 47.8 Å². The fourth-order valence-corrected chi connectivity index (χ4v) is 11.4. The third-order valence-electron chi connectivity index (χ3n) is 14.2. The summed E-state index contributed by atoms with van der Waals surface area (Å²) in [7, 11) is 0. The summed E-state index contributed by atoms with van der Waals surface area (Å²) in [5.74, 6) is -9.81. The van der Waals surface area contributed by atoms with Gasteiger partial charge in [-0.05, 0) is 47.6 Å². The number of phenols is 2. The molecule has 2 saturated heterocycles. The first-order valence-electron chi connectivity index (χ1n) is 26.8. The Kier molecular flexibility index (Phi) is 17.8. The van der Waals surface area contributed by atoms with Crippen molar-refractivity contribution in [2.45, 2.75) is 183 Å². The lowest BCUT2D eigenvalue weighted by molar-refractivity contribution is -0.289. The molecule has 26 nitrogen and oxygen atoms in total. The van der Waals surface area contributed by atoms with Crippen molar-refractivity contribution in [1.82, 2.24) is 0 Å². The number of ether oxygens (including phenoxy) is 14. The Morgan fingerprint density at radius 1 is 0.464 bits per heavy atom. The van der Waals surface area contributed by atoms with Gasteiger partial charge in [0.05, 0.1) is 11.1 Å². The van der Waals surface area contributed by atoms with Crippen molar-refractivity contribution < 1.29 is 125 Å². The van der Waals surface area contributed by atoms with Crippen LogP contribution in [0.4, 0.5) is 0 Å². The molecule has 2 fully saturated rings. The van der Waals surface area contributed by atoms with Gasteiger partial charge in [-0.2, -0.15) is 0 Å². The predicted octanol–water partition coefficient (Wildman–Crippen LogP) is 5.63. The maximum atomic E-state index is 12.8. The van der Waals surface area contributed by atoms with E-state index in [-0.39, 0.29) is 44.5 Å². The molecule has 4 aliphatic rings. The van der Waals surface area contributed by atoms with Crippen molar-refractivity contribution in [3.8, 4) is 45.6 Å². The molecule has 0 saturated carbocycles. The molecule has 0 spiro atoms. The van der Waals surface area contributed by atoms with Gasteiger partial charge in [0.2, 0.25) is 37.4 Å². The number of benzene rings is 4. The van der Waals surface area contributed by atoms with Crippen LogP contribution in [-0.4, -0.2) is 143 Å². The maximum absolute atomic E-state index is 12.8. The Balaban J connectivity index is 1.35. The number of phenolic OH excluding ortho intramolecular Hbond substituents is 2. The highest BCUT2D eigenvalue weighted by molar-refractivity contribution is 6.10. The molecule has 26 heteroatoms. The number of aryl methyl sites for hydroxylation is 2. The summed E-state index contributed by atoms with van der Waals surface area (Å²) in [4.78, 5) is 100. The Bertz CT molecular complexity index is 3140. The average Bonchev–Trinajstić information content (AvgIpc) is 1.50. The molecule has 12 atom stereocenters. The number of hydrogen-bond donors (Lipinski definition) is 4. The molecule has 0 amide bonds. The SMILES string of the molecule is CC(=O)OC[C@H]1O[C@@H](Oc2c(O)c(C(C)C)c3cc(C)c(-c4c(C)cc5c(C(C)C)c(O)c(O[C@@H]6O[C@H](COC(C)=O)[C@@H](OC(C)=O)[C@H](OC(C)=O)[C@H]6OC(C)=O)c6c5c4OC6O)c4c3c2C(O)O4)[C@H](OC(C)=O)[C@@H](OC(C)=O)[C@@H]1OC(C)=O. The van der Waals surface area contributed by atoms with Gasteiger partial charge in [-0.15, -0.1) is 0 Å². The van der Waals surface area contributed by atoms with E-state index < -0.39 is 170 Å². The van der Waals surface area contributed by atoms with Crippen LogP contribution in [0, 0.1) is 13.8 Å². The number of rotatable bonds is 17. The van der Waals surface area contributed by atoms with E-state index in [0.717, 1.165) is 55.4 Å². The van der Waals surface area contributed by atoms with Gasteiger partial charge in [0.25, 0.3) is 0 Å². The van der Waals surface area contributed by atoms with E-state index in [1.807, 2.05) is 0 Å². The summed E-state index contributed by atoms with van der Waals surface area (Å²) in [6.45, 7) is 17.9. The van der Waals surface area contributed by atoms with Crippen LogP contribution in [0.3, 0.4) is 0 Å². The summed E-state index contributed by atoms with van der Waals surface area (Å²) >= 11 is 0. The Labute approximate surface area is 480 Å². The molecular formula is C58H66O26. The second kappa shape index (κ2) is 24.2. The largest absolute Gasteiger partial charge is 0.504 e. The Morgan fingerprint density at radius 2 is 0.762 bits per heavy atom. The first-order chi connectivity index (χ1) is 39.4. The van der Waals surface area contributed by atoms with E-state index in [0.29, 0.717) is 33.0 Å². The highest BCUT2D eigenvalue weighted by atomic mass is 16.8. The van der Waals surface area contributed by atoms with Crippen molar-refractivity contribution >= 4 is 69.3 Å². The number of aliphatic hydroxyl groups excluding tert-OH is 2. The van der Waals surface area contributed by atoms with E-state index in [1.165, 1.54) is 0 Å². The van der Waals surface area contributed by atoms with Crippen molar-refractivity contribution in [1.29, 1.82) is 0 Å². The Hall–Kier alpha value is -8.20. The van der Waals surface area contributed by atoms with E-state index in [4.69, 9.17) is 66.3 Å². The van der Waals surface area contributed by atoms with E-state index in [1.54, 1.807) is 53.7 Å². The van der Waals surface area contributed by atoms with Crippen LogP contribution >= 0.6 is 0 Å². The van der Waals surface area contributed by atoms with Crippen molar-refractivity contribution in [2.75, 3.05) is 13.2 Å². The summed E-state index contributed by atoms with van der Waals surface area (Å²) in [6, 6.07) is 3.48. The van der Waals surface area contributed by atoms with Gasteiger partial charge in [-0.3, -0.25) is 38.4 Å². The lowest BCUT2D eigenvalue weighted by Gasteiger charge is -2.44. The van der Waals surface area contributed by atoms with Gasteiger partial charge in [0.15, 0.2) is 47.4 Å². The van der Waals surface area contributed by atoms with Crippen molar-refractivity contribution in [3.63, 3.8) is 0 Å². The third-order valence-corrected chi connectivity index (χ3v) is 14.2.